The van der Waals surface area contributed by atoms with Crippen LogP contribution in [0.2, 0.25) is 0 Å². The molecule has 0 unspecified atom stereocenters. The Balaban J connectivity index is 1.32. The van der Waals surface area contributed by atoms with E-state index in [2.05, 4.69) is 179 Å². The van der Waals surface area contributed by atoms with Gasteiger partial charge in [0.05, 0.1) is 22.1 Å². The molecule has 7 aromatic carbocycles. The average Bonchev–Trinajstić information content (AvgIpc) is 3.62. The number of hydrogen-bond donors (Lipinski definition) is 0. The van der Waals surface area contributed by atoms with E-state index in [4.69, 9.17) is 0 Å². The fraction of sp³-hybridized carbons (Fsp3) is 0. The molecule has 0 aliphatic carbocycles. The molecule has 2 heteroatoms. The van der Waals surface area contributed by atoms with E-state index in [0.717, 1.165) is 5.69 Å². The van der Waals surface area contributed by atoms with Crippen LogP contribution in [0.25, 0.3) is 77.2 Å². The molecular formula is C42H28N2. The minimum atomic E-state index is 1.16. The number of hydrogen-bond acceptors (Lipinski definition) is 0. The van der Waals surface area contributed by atoms with Gasteiger partial charge in [0, 0.05) is 32.9 Å². The summed E-state index contributed by atoms with van der Waals surface area (Å²) in [7, 11) is 0. The molecule has 0 atom stereocenters. The quantitative estimate of drug-likeness (QED) is 0.203. The molecule has 44 heavy (non-hydrogen) atoms. The molecule has 0 aliphatic rings. The first-order chi connectivity index (χ1) is 21.8. The molecule has 0 saturated heterocycles. The van der Waals surface area contributed by atoms with Crippen molar-refractivity contribution in [3.8, 4) is 33.6 Å². The van der Waals surface area contributed by atoms with E-state index < -0.39 is 0 Å². The highest BCUT2D eigenvalue weighted by atomic mass is 15.0. The molecule has 0 amide bonds. The number of nitrogens with zero attached hydrogens (tertiary/aromatic N) is 2. The molecule has 0 fully saturated rings. The van der Waals surface area contributed by atoms with Gasteiger partial charge in [-0.15, -0.1) is 0 Å². The second-order valence-electron chi connectivity index (χ2n) is 11.4. The highest BCUT2D eigenvalue weighted by Gasteiger charge is 2.18. The Hall–Kier alpha value is -5.86. The first kappa shape index (κ1) is 24.7. The van der Waals surface area contributed by atoms with Crippen molar-refractivity contribution in [2.75, 3.05) is 0 Å². The van der Waals surface area contributed by atoms with E-state index in [1.165, 1.54) is 71.6 Å². The summed E-state index contributed by atoms with van der Waals surface area (Å²) in [6.07, 6.45) is 0. The average molecular weight is 561 g/mol. The summed E-state index contributed by atoms with van der Waals surface area (Å²) in [5.74, 6) is 0. The lowest BCUT2D eigenvalue weighted by Crippen LogP contribution is -1.95. The summed E-state index contributed by atoms with van der Waals surface area (Å²) in [4.78, 5) is 0. The zero-order chi connectivity index (χ0) is 29.0. The predicted molar refractivity (Wildman–Crippen MR) is 186 cm³/mol. The molecule has 9 rings (SSSR count). The summed E-state index contributed by atoms with van der Waals surface area (Å²) in [5.41, 5.74) is 12.1. The molecule has 0 spiro atoms. The van der Waals surface area contributed by atoms with Crippen molar-refractivity contribution in [1.82, 2.24) is 9.13 Å². The molecule has 206 valence electrons. The molecule has 2 heterocycles. The lowest BCUT2D eigenvalue weighted by atomic mass is 9.98. The lowest BCUT2D eigenvalue weighted by molar-refractivity contribution is 1.18. The Morgan fingerprint density at radius 2 is 0.864 bits per heavy atom. The highest BCUT2D eigenvalue weighted by Crippen LogP contribution is 2.41. The van der Waals surface area contributed by atoms with Gasteiger partial charge in [-0.05, 0) is 70.8 Å². The van der Waals surface area contributed by atoms with Gasteiger partial charge in [-0.2, -0.15) is 0 Å². The topological polar surface area (TPSA) is 9.86 Å². The van der Waals surface area contributed by atoms with Gasteiger partial charge in [-0.1, -0.05) is 121 Å². The highest BCUT2D eigenvalue weighted by molar-refractivity contribution is 6.17. The van der Waals surface area contributed by atoms with Gasteiger partial charge < -0.3 is 9.13 Å². The molecule has 0 saturated carbocycles. The summed E-state index contributed by atoms with van der Waals surface area (Å²) in [6, 6.07) is 61.4. The smallest absolute Gasteiger partial charge is 0.0547 e. The van der Waals surface area contributed by atoms with Gasteiger partial charge in [0.1, 0.15) is 0 Å². The second-order valence-corrected chi connectivity index (χ2v) is 11.4. The van der Waals surface area contributed by atoms with Crippen LogP contribution in [-0.4, -0.2) is 9.13 Å². The first-order valence-electron chi connectivity index (χ1n) is 15.1. The Labute approximate surface area is 255 Å². The number of aromatic nitrogens is 2. The maximum Gasteiger partial charge on any atom is 0.0547 e. The van der Waals surface area contributed by atoms with E-state index in [1.807, 2.05) is 0 Å². The SMILES string of the molecule is c1ccc(-c2cccc(-n3c4ccccc4c4ccc(-c5cccc6c5c5ccccc5n6-c5ccccc5)cc43)c2)cc1. The minimum absolute atomic E-state index is 1.16. The third kappa shape index (κ3) is 3.75. The standard InChI is InChI=1S/C42H28N2/c1-3-13-29(14-4-1)30-15-11-18-33(27-30)44-38-22-9-7-19-35(38)36-26-25-31(28-41(36)44)34-21-12-24-40-42(34)37-20-8-10-23-39(37)43(40)32-16-5-2-6-17-32/h1-28H. The summed E-state index contributed by atoms with van der Waals surface area (Å²) in [6.45, 7) is 0. The summed E-state index contributed by atoms with van der Waals surface area (Å²) < 4.78 is 4.81. The third-order valence-corrected chi connectivity index (χ3v) is 8.91. The molecule has 2 nitrogen and oxygen atoms in total. The normalized spacial score (nSPS) is 11.6. The lowest BCUT2D eigenvalue weighted by Gasteiger charge is -2.12. The minimum Gasteiger partial charge on any atom is -0.309 e. The Bertz CT molecular complexity index is 2480. The van der Waals surface area contributed by atoms with Crippen molar-refractivity contribution in [3.05, 3.63) is 170 Å². The van der Waals surface area contributed by atoms with Crippen LogP contribution >= 0.6 is 0 Å². The second kappa shape index (κ2) is 9.86. The van der Waals surface area contributed by atoms with E-state index in [-0.39, 0.29) is 0 Å². The first-order valence-corrected chi connectivity index (χ1v) is 15.1. The molecule has 2 aromatic heterocycles. The van der Waals surface area contributed by atoms with Crippen molar-refractivity contribution in [1.29, 1.82) is 0 Å². The van der Waals surface area contributed by atoms with Crippen LogP contribution in [0.4, 0.5) is 0 Å². The number of rotatable bonds is 4. The van der Waals surface area contributed by atoms with Crippen LogP contribution in [-0.2, 0) is 0 Å². The van der Waals surface area contributed by atoms with E-state index in [9.17, 15) is 0 Å². The van der Waals surface area contributed by atoms with E-state index in [1.54, 1.807) is 0 Å². The monoisotopic (exact) mass is 560 g/mol. The van der Waals surface area contributed by atoms with Crippen LogP contribution in [0.3, 0.4) is 0 Å². The molecule has 0 radical (unpaired) electrons. The molecule has 0 N–H and O–H groups in total. The van der Waals surface area contributed by atoms with Crippen LogP contribution in [0, 0.1) is 0 Å². The van der Waals surface area contributed by atoms with Crippen molar-refractivity contribution in [2.45, 2.75) is 0 Å². The maximum atomic E-state index is 2.42. The zero-order valence-corrected chi connectivity index (χ0v) is 24.1. The maximum absolute atomic E-state index is 2.42. The summed E-state index contributed by atoms with van der Waals surface area (Å²) in [5, 5.41) is 5.06. The zero-order valence-electron chi connectivity index (χ0n) is 24.1. The van der Waals surface area contributed by atoms with Crippen LogP contribution in [0.5, 0.6) is 0 Å². The Kier molecular flexibility index (Phi) is 5.54. The third-order valence-electron chi connectivity index (χ3n) is 8.91. The number of fused-ring (bicyclic) bond motifs is 6. The van der Waals surface area contributed by atoms with E-state index in [0.29, 0.717) is 0 Å². The van der Waals surface area contributed by atoms with Gasteiger partial charge in [0.2, 0.25) is 0 Å². The van der Waals surface area contributed by atoms with Gasteiger partial charge in [0.15, 0.2) is 0 Å². The fourth-order valence-corrected chi connectivity index (χ4v) is 6.99. The Morgan fingerprint density at radius 1 is 0.295 bits per heavy atom. The van der Waals surface area contributed by atoms with Crippen molar-refractivity contribution in [3.63, 3.8) is 0 Å². The van der Waals surface area contributed by atoms with Crippen molar-refractivity contribution < 1.29 is 0 Å². The van der Waals surface area contributed by atoms with Gasteiger partial charge in [0.25, 0.3) is 0 Å². The van der Waals surface area contributed by atoms with E-state index >= 15 is 0 Å². The van der Waals surface area contributed by atoms with Gasteiger partial charge >= 0.3 is 0 Å². The molecule has 0 bridgehead atoms. The largest absolute Gasteiger partial charge is 0.309 e. The van der Waals surface area contributed by atoms with Gasteiger partial charge in [-0.25, -0.2) is 0 Å². The Morgan fingerprint density at radius 3 is 1.68 bits per heavy atom. The van der Waals surface area contributed by atoms with Crippen molar-refractivity contribution >= 4 is 43.6 Å². The fourth-order valence-electron chi connectivity index (χ4n) is 6.99. The van der Waals surface area contributed by atoms with Crippen LogP contribution in [0.15, 0.2) is 170 Å². The predicted octanol–water partition coefficient (Wildman–Crippen LogP) is 11.2. The molecule has 0 aliphatic heterocycles. The summed E-state index contributed by atoms with van der Waals surface area (Å²) >= 11 is 0. The van der Waals surface area contributed by atoms with Crippen molar-refractivity contribution in [2.24, 2.45) is 0 Å². The molecular weight excluding hydrogens is 532 g/mol. The van der Waals surface area contributed by atoms with Crippen LogP contribution < -0.4 is 0 Å². The molecule has 9 aromatic rings. The van der Waals surface area contributed by atoms with Gasteiger partial charge in [-0.3, -0.25) is 0 Å². The van der Waals surface area contributed by atoms with Crippen LogP contribution in [0.1, 0.15) is 0 Å². The number of para-hydroxylation sites is 3. The number of benzene rings is 7.